The zero-order valence-corrected chi connectivity index (χ0v) is 64.1. The lowest BCUT2D eigenvalue weighted by molar-refractivity contribution is -0.140. The number of amides is 3. The number of ether oxygens (including phenoxy) is 10. The Balaban J connectivity index is 0.000000181. The second kappa shape index (κ2) is 38.0. The second-order valence-corrected chi connectivity index (χ2v) is 25.6. The maximum atomic E-state index is 14.2. The molecule has 6 aromatic heterocycles. The number of hydrogen-bond acceptors (Lipinski definition) is 21. The van der Waals surface area contributed by atoms with E-state index in [2.05, 4.69) is 35.9 Å². The number of furan rings is 1. The number of benzene rings is 3. The number of hydrogen-bond donors (Lipinski definition) is 6. The first kappa shape index (κ1) is 82.4. The summed E-state index contributed by atoms with van der Waals surface area (Å²) in [5.74, 6) is -1.71. The third-order valence-corrected chi connectivity index (χ3v) is 18.4. The average Bonchev–Trinajstić information content (AvgIpc) is 1.64. The summed E-state index contributed by atoms with van der Waals surface area (Å²) in [7, 11) is 12.1. The average molecular weight is 1560 g/mol. The number of halogens is 2. The number of carbonyl (C=O) groups is 6. The van der Waals surface area contributed by atoms with Crippen LogP contribution in [0.3, 0.4) is 0 Å². The van der Waals surface area contributed by atoms with Crippen molar-refractivity contribution >= 4 is 87.3 Å². The number of aliphatic carboxylic acids is 3. The number of nitrogens with zero attached hydrogens (tertiary/aromatic N) is 5. The van der Waals surface area contributed by atoms with E-state index in [1.165, 1.54) is 61.0 Å². The molecule has 592 valence electrons. The first-order chi connectivity index (χ1) is 54.8. The molecule has 0 saturated heterocycles. The quantitative estimate of drug-likeness (QED) is 0.0220. The maximum Gasteiger partial charge on any atom is 0.341 e. The molecule has 0 atom stereocenters. The van der Waals surface area contributed by atoms with Crippen molar-refractivity contribution in [3.05, 3.63) is 230 Å². The summed E-state index contributed by atoms with van der Waals surface area (Å²) >= 11 is 0. The molecule has 114 heavy (non-hydrogen) atoms. The van der Waals surface area contributed by atoms with Crippen LogP contribution >= 0.6 is 0 Å². The van der Waals surface area contributed by atoms with Crippen molar-refractivity contribution in [3.63, 3.8) is 0 Å². The molecule has 0 spiro atoms. The number of rotatable bonds is 31. The van der Waals surface area contributed by atoms with Crippen LogP contribution in [0.4, 0.5) is 8.78 Å². The SMILES string of the molecule is COc1cc(/C=C2/C(C)=C(CC(=O)NCc3cccn3C)c3cc(F)cnc32)cc(OC)c1OCC(=O)O.COc1cc(/C=C2/C(C)=C(CC(=O)NCc3cccnc3)c3cnc(F)cc32)cc(OC)c1OCC(=O)O.COc1cc2c(cn1)/C(=C\c1cc(OC)c(OCC(=O)O)c(OC)c1)C(C)=C2CC(=O)NCc1ccco1. The number of carboxylic acid groups (broad SMARTS) is 3. The lowest BCUT2D eigenvalue weighted by atomic mass is 10.0. The van der Waals surface area contributed by atoms with Gasteiger partial charge in [0.05, 0.1) is 100 Å². The van der Waals surface area contributed by atoms with Gasteiger partial charge in [-0.1, -0.05) is 6.07 Å². The minimum absolute atomic E-state index is 0.0559. The van der Waals surface area contributed by atoms with Crippen LogP contribution in [0.1, 0.15) is 107 Å². The van der Waals surface area contributed by atoms with Crippen molar-refractivity contribution < 1.29 is 105 Å². The fourth-order valence-electron chi connectivity index (χ4n) is 12.8. The first-order valence-electron chi connectivity index (χ1n) is 35.1. The minimum atomic E-state index is -1.14. The molecular weight excluding hydrogens is 1480 g/mol. The molecule has 0 bridgehead atoms. The van der Waals surface area contributed by atoms with E-state index in [1.54, 1.807) is 86.6 Å². The van der Waals surface area contributed by atoms with Crippen LogP contribution in [0.25, 0.3) is 51.7 Å². The molecule has 0 unspecified atom stereocenters. The Bertz CT molecular complexity index is 5260. The summed E-state index contributed by atoms with van der Waals surface area (Å²) in [6.45, 7) is 5.02. The summed E-state index contributed by atoms with van der Waals surface area (Å²) in [5.41, 5.74) is 15.0. The predicted molar refractivity (Wildman–Crippen MR) is 416 cm³/mol. The molecule has 0 aliphatic heterocycles. The first-order valence-corrected chi connectivity index (χ1v) is 35.1. The van der Waals surface area contributed by atoms with Gasteiger partial charge in [-0.05, 0) is 190 Å². The van der Waals surface area contributed by atoms with Gasteiger partial charge in [0.25, 0.3) is 0 Å². The lowest BCUT2D eigenvalue weighted by Crippen LogP contribution is -2.23. The summed E-state index contributed by atoms with van der Waals surface area (Å²) in [4.78, 5) is 88.0. The number of fused-ring (bicyclic) bond motifs is 3. The van der Waals surface area contributed by atoms with Crippen LogP contribution in [0.5, 0.6) is 57.6 Å². The molecule has 0 fully saturated rings. The number of allylic oxidation sites excluding steroid dienone is 6. The largest absolute Gasteiger partial charge is 0.493 e. The summed E-state index contributed by atoms with van der Waals surface area (Å²) < 4.78 is 89.6. The molecule has 3 aliphatic rings. The van der Waals surface area contributed by atoms with Crippen molar-refractivity contribution in [2.45, 2.75) is 59.7 Å². The predicted octanol–water partition coefficient (Wildman–Crippen LogP) is 12.4. The molecule has 9 aromatic rings. The summed E-state index contributed by atoms with van der Waals surface area (Å²) in [6, 6.07) is 25.7. The number of carbonyl (C=O) groups excluding carboxylic acids is 3. The highest BCUT2D eigenvalue weighted by Gasteiger charge is 2.32. The van der Waals surface area contributed by atoms with Gasteiger partial charge in [-0.25, -0.2) is 28.7 Å². The normalized spacial score (nSPS) is 13.4. The van der Waals surface area contributed by atoms with Gasteiger partial charge in [0.2, 0.25) is 46.8 Å². The van der Waals surface area contributed by atoms with E-state index in [4.69, 9.17) is 67.1 Å². The van der Waals surface area contributed by atoms with E-state index in [9.17, 15) is 37.5 Å². The van der Waals surface area contributed by atoms with Gasteiger partial charge < -0.3 is 87.6 Å². The van der Waals surface area contributed by atoms with Gasteiger partial charge in [0.1, 0.15) is 11.6 Å². The molecule has 3 aromatic carbocycles. The van der Waals surface area contributed by atoms with Crippen LogP contribution in [0.15, 0.2) is 156 Å². The lowest BCUT2D eigenvalue weighted by Gasteiger charge is -2.15. The Hall–Kier alpha value is -14.1. The van der Waals surface area contributed by atoms with Crippen molar-refractivity contribution in [1.82, 2.24) is 40.5 Å². The Kier molecular flexibility index (Phi) is 27.5. The summed E-state index contributed by atoms with van der Waals surface area (Å²) in [6.07, 6.45) is 17.0. The van der Waals surface area contributed by atoms with Crippen molar-refractivity contribution in [3.8, 4) is 57.6 Å². The third-order valence-electron chi connectivity index (χ3n) is 18.4. The Morgan fingerprint density at radius 2 is 0.939 bits per heavy atom. The van der Waals surface area contributed by atoms with Crippen LogP contribution in [0.2, 0.25) is 0 Å². The zero-order valence-electron chi connectivity index (χ0n) is 64.1. The summed E-state index contributed by atoms with van der Waals surface area (Å²) in [5, 5.41) is 35.7. The van der Waals surface area contributed by atoms with Crippen LogP contribution in [0, 0.1) is 11.8 Å². The minimum Gasteiger partial charge on any atom is -0.493 e. The van der Waals surface area contributed by atoms with Gasteiger partial charge in [0, 0.05) is 84.7 Å². The topological polar surface area (TPSA) is 361 Å². The van der Waals surface area contributed by atoms with Gasteiger partial charge in [-0.2, -0.15) is 4.39 Å². The molecule has 28 nitrogen and oxygen atoms in total. The van der Waals surface area contributed by atoms with Crippen molar-refractivity contribution in [2.24, 2.45) is 7.05 Å². The molecular formula is C84H82F2N8O20. The zero-order chi connectivity index (χ0) is 81.9. The highest BCUT2D eigenvalue weighted by molar-refractivity contribution is 6.10. The maximum absolute atomic E-state index is 14.2. The van der Waals surface area contributed by atoms with E-state index in [0.717, 1.165) is 67.6 Å². The smallest absolute Gasteiger partial charge is 0.341 e. The van der Waals surface area contributed by atoms with E-state index in [-0.39, 0.29) is 77.2 Å². The van der Waals surface area contributed by atoms with E-state index in [1.807, 2.05) is 81.1 Å². The Labute approximate surface area is 653 Å². The fraction of sp³-hybridized carbons (Fsp3) is 0.238. The molecule has 3 amide bonds. The van der Waals surface area contributed by atoms with Gasteiger partial charge in [0.15, 0.2) is 54.3 Å². The van der Waals surface area contributed by atoms with Crippen LogP contribution in [-0.4, -0.2) is 145 Å². The standard InChI is InChI=1S/C28H28FN3O6.C28H26FN3O6.C28H28N2O8/c1-16-20(12-25(33)30-14-19-6-5-7-32(19)2)22-11-18(29)13-31-27(22)21(16)8-17-9-23(36-3)28(24(10-17)37-4)38-15-26(34)35;1-16-19(7-18-8-23(36-2)28(24(9-18)37-3)38-15-27(34)35)21-10-25(29)31-14-22(21)20(16)11-26(33)32-13-17-5-4-6-30-12-17;1-16-19(8-17-9-23(34-2)28(24(10-17)35-3)38-15-27(32)33)22-14-30-26(36-4)12-21(22)20(16)11-25(31)29-13-18-6-5-7-37-18/h5-11,13H,12,14-15H2,1-4H3,(H,30,33)(H,34,35);4-10,12,14H,11,13,15H2,1-3H3,(H,32,33)(H,34,35);5-10,12,14H,11,13,15H2,1-4H3,(H,29,31)(H,32,33)/b21-8-;19-7-;19-8-. The molecule has 3 aliphatic carbocycles. The molecule has 0 radical (unpaired) electrons. The Morgan fingerprint density at radius 1 is 0.474 bits per heavy atom. The number of methoxy groups -OCH3 is 7. The van der Waals surface area contributed by atoms with Crippen molar-refractivity contribution in [2.75, 3.05) is 69.6 Å². The Morgan fingerprint density at radius 3 is 1.39 bits per heavy atom. The number of aromatic nitrogens is 5. The molecule has 6 N–H and O–H groups in total. The molecule has 6 heterocycles. The molecule has 12 rings (SSSR count). The van der Waals surface area contributed by atoms with Crippen molar-refractivity contribution in [1.29, 1.82) is 0 Å². The van der Waals surface area contributed by atoms with Gasteiger partial charge in [-0.3, -0.25) is 24.4 Å². The van der Waals surface area contributed by atoms with E-state index in [0.29, 0.717) is 93.0 Å². The number of carboxylic acids is 3. The van der Waals surface area contributed by atoms with E-state index < -0.39 is 49.5 Å². The van der Waals surface area contributed by atoms with E-state index >= 15 is 0 Å². The van der Waals surface area contributed by atoms with Crippen LogP contribution in [-0.2, 0) is 55.4 Å². The highest BCUT2D eigenvalue weighted by atomic mass is 19.1. The number of pyridine rings is 4. The molecule has 0 saturated carbocycles. The monoisotopic (exact) mass is 1560 g/mol. The number of nitrogens with one attached hydrogen (secondary N) is 3. The van der Waals surface area contributed by atoms with Crippen LogP contribution < -0.4 is 63.3 Å². The van der Waals surface area contributed by atoms with Gasteiger partial charge >= 0.3 is 17.9 Å². The number of aryl methyl sites for hydroxylation is 1. The second-order valence-electron chi connectivity index (χ2n) is 25.6. The third kappa shape index (κ3) is 20.1. The fourth-order valence-corrected chi connectivity index (χ4v) is 12.8. The van der Waals surface area contributed by atoms with Gasteiger partial charge in [-0.15, -0.1) is 0 Å². The highest BCUT2D eigenvalue weighted by Crippen LogP contribution is 2.49. The molecule has 30 heteroatoms.